The van der Waals surface area contributed by atoms with Crippen molar-refractivity contribution in [2.24, 2.45) is 5.73 Å². The van der Waals surface area contributed by atoms with Crippen LogP contribution < -0.4 is 5.73 Å². The number of rotatable bonds is 4. The Morgan fingerprint density at radius 3 is 2.91 bits per heavy atom. The second kappa shape index (κ2) is 5.37. The van der Waals surface area contributed by atoms with Crippen LogP contribution in [0.25, 0.3) is 11.6 Å². The Kier molecular flexibility index (Phi) is 3.35. The minimum Gasteiger partial charge on any atom is -0.338 e. The Hall–Kier alpha value is -1.92. The Labute approximate surface area is 132 Å². The molecule has 1 aliphatic rings. The fourth-order valence-electron chi connectivity index (χ4n) is 3.08. The summed E-state index contributed by atoms with van der Waals surface area (Å²) in [7, 11) is 0. The summed E-state index contributed by atoms with van der Waals surface area (Å²) in [5, 5.41) is 6.23. The molecule has 0 spiro atoms. The topological polar surface area (TPSA) is 69.9 Å². The molecule has 5 nitrogen and oxygen atoms in total. The van der Waals surface area contributed by atoms with Gasteiger partial charge < -0.3 is 14.8 Å². The third-order valence-corrected chi connectivity index (χ3v) is 5.18. The van der Waals surface area contributed by atoms with E-state index in [2.05, 4.69) is 32.2 Å². The number of thiophene rings is 1. The molecule has 0 atom stereocenters. The molecule has 114 valence electrons. The summed E-state index contributed by atoms with van der Waals surface area (Å²) in [5.41, 5.74) is 6.93. The summed E-state index contributed by atoms with van der Waals surface area (Å²) in [6, 6.07) is 8.19. The summed E-state index contributed by atoms with van der Waals surface area (Å²) < 4.78 is 7.61. The fourth-order valence-corrected chi connectivity index (χ4v) is 3.78. The van der Waals surface area contributed by atoms with Crippen molar-refractivity contribution < 1.29 is 4.52 Å². The van der Waals surface area contributed by atoms with Crippen LogP contribution in [-0.4, -0.2) is 14.7 Å². The molecule has 0 aromatic carbocycles. The van der Waals surface area contributed by atoms with E-state index in [1.54, 1.807) is 11.3 Å². The molecule has 0 aliphatic heterocycles. The van der Waals surface area contributed by atoms with E-state index in [-0.39, 0.29) is 0 Å². The van der Waals surface area contributed by atoms with Crippen LogP contribution in [0.5, 0.6) is 0 Å². The molecular weight excluding hydrogens is 296 g/mol. The smallest absolute Gasteiger partial charge is 0.274 e. The first-order valence-electron chi connectivity index (χ1n) is 7.56. The average Bonchev–Trinajstić information content (AvgIpc) is 3.26. The summed E-state index contributed by atoms with van der Waals surface area (Å²) in [5.74, 6) is 1.19. The van der Waals surface area contributed by atoms with Crippen molar-refractivity contribution >= 4 is 11.3 Å². The molecular formula is C16H18N4OS. The third kappa shape index (κ3) is 2.38. The second-order valence-electron chi connectivity index (χ2n) is 5.89. The minimum atomic E-state index is -0.410. The van der Waals surface area contributed by atoms with Gasteiger partial charge in [0.25, 0.3) is 5.89 Å². The lowest BCUT2D eigenvalue weighted by Crippen LogP contribution is -2.34. The van der Waals surface area contributed by atoms with Crippen LogP contribution in [0.3, 0.4) is 0 Å². The first-order chi connectivity index (χ1) is 10.7. The number of aromatic nitrogens is 3. The zero-order valence-corrected chi connectivity index (χ0v) is 13.1. The van der Waals surface area contributed by atoms with Gasteiger partial charge >= 0.3 is 0 Å². The molecule has 4 rings (SSSR count). The maximum atomic E-state index is 6.40. The molecule has 6 heteroatoms. The highest BCUT2D eigenvalue weighted by Crippen LogP contribution is 2.35. The van der Waals surface area contributed by atoms with Crippen molar-refractivity contribution in [3.05, 3.63) is 46.5 Å². The van der Waals surface area contributed by atoms with Crippen molar-refractivity contribution in [1.29, 1.82) is 0 Å². The van der Waals surface area contributed by atoms with Crippen molar-refractivity contribution in [2.75, 3.05) is 0 Å². The Morgan fingerprint density at radius 2 is 2.14 bits per heavy atom. The quantitative estimate of drug-likeness (QED) is 0.801. The van der Waals surface area contributed by atoms with E-state index in [1.807, 2.05) is 18.3 Å². The van der Waals surface area contributed by atoms with Crippen LogP contribution in [-0.2, 0) is 12.1 Å². The van der Waals surface area contributed by atoms with E-state index in [4.69, 9.17) is 10.3 Å². The number of nitrogens with zero attached hydrogens (tertiary/aromatic N) is 3. The highest BCUT2D eigenvalue weighted by Gasteiger charge is 2.36. The number of hydrogen-bond acceptors (Lipinski definition) is 5. The zero-order chi connectivity index (χ0) is 15.0. The van der Waals surface area contributed by atoms with Crippen LogP contribution in [0, 0.1) is 0 Å². The Morgan fingerprint density at radius 1 is 1.27 bits per heavy atom. The predicted molar refractivity (Wildman–Crippen MR) is 85.5 cm³/mol. The first kappa shape index (κ1) is 13.7. The van der Waals surface area contributed by atoms with Crippen LogP contribution in [0.2, 0.25) is 0 Å². The molecule has 0 unspecified atom stereocenters. The van der Waals surface area contributed by atoms with Gasteiger partial charge in [0.1, 0.15) is 5.69 Å². The zero-order valence-electron chi connectivity index (χ0n) is 12.2. The van der Waals surface area contributed by atoms with Crippen molar-refractivity contribution in [2.45, 2.75) is 37.8 Å². The molecule has 0 radical (unpaired) electrons. The fraction of sp³-hybridized carbons (Fsp3) is 0.375. The van der Waals surface area contributed by atoms with E-state index >= 15 is 0 Å². The maximum Gasteiger partial charge on any atom is 0.274 e. The van der Waals surface area contributed by atoms with Gasteiger partial charge in [-0.25, -0.2) is 0 Å². The molecule has 3 heterocycles. The van der Waals surface area contributed by atoms with Gasteiger partial charge in [0.2, 0.25) is 0 Å². The predicted octanol–water partition coefficient (Wildman–Crippen LogP) is 3.38. The van der Waals surface area contributed by atoms with Gasteiger partial charge in [0.15, 0.2) is 5.82 Å². The Balaban J connectivity index is 1.63. The second-order valence-corrected chi connectivity index (χ2v) is 6.92. The van der Waals surface area contributed by atoms with E-state index < -0.39 is 5.54 Å². The normalized spacial score (nSPS) is 17.1. The van der Waals surface area contributed by atoms with Gasteiger partial charge in [-0.15, -0.1) is 11.3 Å². The molecule has 0 bridgehead atoms. The average molecular weight is 314 g/mol. The molecule has 0 saturated heterocycles. The molecule has 22 heavy (non-hydrogen) atoms. The summed E-state index contributed by atoms with van der Waals surface area (Å²) >= 11 is 1.74. The van der Waals surface area contributed by atoms with Crippen molar-refractivity contribution in [1.82, 2.24) is 14.7 Å². The third-order valence-electron chi connectivity index (χ3n) is 4.32. The SMILES string of the molecule is NC1(c2noc(-c3cccn3Cc3cccs3)n2)CCCC1. The van der Waals surface area contributed by atoms with Crippen LogP contribution in [0.4, 0.5) is 0 Å². The van der Waals surface area contributed by atoms with Crippen LogP contribution in [0.15, 0.2) is 40.4 Å². The number of nitrogens with two attached hydrogens (primary N) is 1. The molecule has 1 fully saturated rings. The van der Waals surface area contributed by atoms with Crippen LogP contribution in [0.1, 0.15) is 36.4 Å². The monoisotopic (exact) mass is 314 g/mol. The lowest BCUT2D eigenvalue weighted by atomic mass is 9.99. The molecule has 2 N–H and O–H groups in total. The molecule has 1 aliphatic carbocycles. The number of hydrogen-bond donors (Lipinski definition) is 1. The van der Waals surface area contributed by atoms with Gasteiger partial charge in [0, 0.05) is 11.1 Å². The largest absolute Gasteiger partial charge is 0.338 e. The summed E-state index contributed by atoms with van der Waals surface area (Å²) in [6.45, 7) is 0.811. The summed E-state index contributed by atoms with van der Waals surface area (Å²) in [6.07, 6.45) is 6.17. The highest BCUT2D eigenvalue weighted by molar-refractivity contribution is 7.09. The minimum absolute atomic E-state index is 0.410. The van der Waals surface area contributed by atoms with E-state index in [0.717, 1.165) is 37.9 Å². The van der Waals surface area contributed by atoms with E-state index in [1.165, 1.54) is 4.88 Å². The van der Waals surface area contributed by atoms with Crippen molar-refractivity contribution in [3.63, 3.8) is 0 Å². The Bertz CT molecular complexity index is 753. The van der Waals surface area contributed by atoms with E-state index in [0.29, 0.717) is 11.7 Å². The first-order valence-corrected chi connectivity index (χ1v) is 8.44. The lowest BCUT2D eigenvalue weighted by Gasteiger charge is -2.17. The van der Waals surface area contributed by atoms with Gasteiger partial charge in [-0.1, -0.05) is 24.1 Å². The van der Waals surface area contributed by atoms with Crippen molar-refractivity contribution in [3.8, 4) is 11.6 Å². The standard InChI is InChI=1S/C16H18N4OS/c17-16(7-1-2-8-16)15-18-14(21-19-15)13-6-3-9-20(13)11-12-5-4-10-22-12/h3-6,9-10H,1-2,7-8,11,17H2. The van der Waals surface area contributed by atoms with Gasteiger partial charge in [-0.2, -0.15) is 4.98 Å². The van der Waals surface area contributed by atoms with Crippen LogP contribution >= 0.6 is 11.3 Å². The van der Waals surface area contributed by atoms with Gasteiger partial charge in [0.05, 0.1) is 12.1 Å². The van der Waals surface area contributed by atoms with Gasteiger partial charge in [-0.3, -0.25) is 0 Å². The molecule has 3 aromatic heterocycles. The maximum absolute atomic E-state index is 6.40. The molecule has 0 amide bonds. The molecule has 3 aromatic rings. The summed E-state index contributed by atoms with van der Waals surface area (Å²) in [4.78, 5) is 5.87. The van der Waals surface area contributed by atoms with E-state index in [9.17, 15) is 0 Å². The highest BCUT2D eigenvalue weighted by atomic mass is 32.1. The molecule has 1 saturated carbocycles. The lowest BCUT2D eigenvalue weighted by molar-refractivity contribution is 0.371. The van der Waals surface area contributed by atoms with Gasteiger partial charge in [-0.05, 0) is 36.4 Å².